The molecule has 0 aliphatic carbocycles. The molecule has 1 aromatic carbocycles. The zero-order valence-corrected chi connectivity index (χ0v) is 26.7. The van der Waals surface area contributed by atoms with Gasteiger partial charge >= 0.3 is 12.0 Å². The van der Waals surface area contributed by atoms with Crippen LogP contribution >= 0.6 is 11.6 Å². The molecule has 4 heterocycles. The summed E-state index contributed by atoms with van der Waals surface area (Å²) in [5.74, 6) is -1.30. The summed E-state index contributed by atoms with van der Waals surface area (Å²) in [7, 11) is 0. The van der Waals surface area contributed by atoms with Crippen LogP contribution in [0.1, 0.15) is 50.5 Å². The molecule has 0 radical (unpaired) electrons. The first-order valence-corrected chi connectivity index (χ1v) is 15.0. The molecule has 0 atom stereocenters. The minimum Gasteiger partial charge on any atom is -0.459 e. The zero-order chi connectivity index (χ0) is 32.7. The highest BCUT2D eigenvalue weighted by Crippen LogP contribution is 2.29. The van der Waals surface area contributed by atoms with Crippen LogP contribution in [0.25, 0.3) is 11.2 Å². The molecular weight excluding hydrogens is 602 g/mol. The van der Waals surface area contributed by atoms with Gasteiger partial charge in [-0.3, -0.25) is 28.6 Å². The number of halogens is 1. The summed E-state index contributed by atoms with van der Waals surface area (Å²) >= 11 is 5.96. The molecule has 13 nitrogen and oxygen atoms in total. The molecule has 0 saturated carbocycles. The fraction of sp³-hybridized carbons (Fsp3) is 0.452. The highest BCUT2D eigenvalue weighted by Gasteiger charge is 2.38. The summed E-state index contributed by atoms with van der Waals surface area (Å²) in [5.41, 5.74) is -0.589. The largest absolute Gasteiger partial charge is 0.459 e. The van der Waals surface area contributed by atoms with E-state index in [9.17, 15) is 24.0 Å². The van der Waals surface area contributed by atoms with Crippen molar-refractivity contribution in [3.05, 3.63) is 63.0 Å². The quantitative estimate of drug-likeness (QED) is 0.371. The smallest absolute Gasteiger partial charge is 0.326 e. The summed E-state index contributed by atoms with van der Waals surface area (Å²) < 4.78 is 6.50. The molecule has 2 fully saturated rings. The summed E-state index contributed by atoms with van der Waals surface area (Å²) in [5, 5.41) is 3.29. The first-order valence-electron chi connectivity index (χ1n) is 14.6. The lowest BCUT2D eigenvalue weighted by Crippen LogP contribution is -2.56. The third-order valence-corrected chi connectivity index (χ3v) is 7.64. The van der Waals surface area contributed by atoms with E-state index < -0.39 is 29.1 Å². The molecule has 5 rings (SSSR count). The number of ether oxygens (including phenoxy) is 1. The van der Waals surface area contributed by atoms with Gasteiger partial charge in [-0.1, -0.05) is 37.6 Å². The van der Waals surface area contributed by atoms with E-state index in [2.05, 4.69) is 15.3 Å². The Morgan fingerprint density at radius 1 is 1.04 bits per heavy atom. The second kappa shape index (κ2) is 12.1. The number of amides is 4. The topological polar surface area (TPSA) is 147 Å². The van der Waals surface area contributed by atoms with Crippen LogP contribution in [-0.4, -0.2) is 86.5 Å². The molecule has 4 amide bonds. The minimum atomic E-state index is -0.689. The average Bonchev–Trinajstić information content (AvgIpc) is 3.30. The predicted octanol–water partition coefficient (Wildman–Crippen LogP) is 2.83. The minimum absolute atomic E-state index is 0.0135. The Kier molecular flexibility index (Phi) is 8.58. The van der Waals surface area contributed by atoms with E-state index in [0.29, 0.717) is 18.1 Å². The van der Waals surface area contributed by atoms with E-state index in [-0.39, 0.29) is 66.6 Å². The van der Waals surface area contributed by atoms with Crippen LogP contribution in [0.2, 0.25) is 5.02 Å². The Bertz CT molecular complexity index is 1720. The Morgan fingerprint density at radius 2 is 1.73 bits per heavy atom. The molecule has 45 heavy (non-hydrogen) atoms. The number of nitrogens with one attached hydrogen (secondary N) is 1. The van der Waals surface area contributed by atoms with Crippen molar-refractivity contribution in [1.29, 1.82) is 0 Å². The van der Waals surface area contributed by atoms with Crippen LogP contribution in [0.4, 0.5) is 10.6 Å². The fourth-order valence-electron chi connectivity index (χ4n) is 5.32. The Balaban J connectivity index is 1.44. The number of hydrogen-bond acceptors (Lipinski definition) is 8. The first-order chi connectivity index (χ1) is 21.1. The highest BCUT2D eigenvalue weighted by molar-refractivity contribution is 6.30. The maximum absolute atomic E-state index is 13.6. The summed E-state index contributed by atoms with van der Waals surface area (Å²) in [6.45, 7) is 10.5. The van der Waals surface area contributed by atoms with Crippen molar-refractivity contribution < 1.29 is 23.9 Å². The molecule has 14 heteroatoms. The molecule has 2 aliphatic heterocycles. The zero-order valence-electron chi connectivity index (χ0n) is 25.9. The van der Waals surface area contributed by atoms with Gasteiger partial charge in [-0.2, -0.15) is 0 Å². The van der Waals surface area contributed by atoms with Crippen molar-refractivity contribution in [3.8, 4) is 0 Å². The molecular formula is C31H36ClN7O6. The number of urea groups is 1. The molecule has 0 bridgehead atoms. The maximum atomic E-state index is 13.6. The van der Waals surface area contributed by atoms with Crippen LogP contribution in [0.15, 0.2) is 41.3 Å². The van der Waals surface area contributed by atoms with Crippen molar-refractivity contribution in [2.75, 3.05) is 37.6 Å². The van der Waals surface area contributed by atoms with Crippen LogP contribution < -0.4 is 15.8 Å². The first kappa shape index (κ1) is 31.9. The van der Waals surface area contributed by atoms with Crippen molar-refractivity contribution in [2.24, 2.45) is 5.41 Å². The van der Waals surface area contributed by atoms with E-state index in [0.717, 1.165) is 10.1 Å². The highest BCUT2D eigenvalue weighted by atomic mass is 35.5. The number of carbonyl (C=O) groups is 4. The summed E-state index contributed by atoms with van der Waals surface area (Å²) in [6.07, 6.45) is 1.34. The van der Waals surface area contributed by atoms with Crippen molar-refractivity contribution in [3.63, 3.8) is 0 Å². The lowest BCUT2D eigenvalue weighted by molar-refractivity contribution is -0.155. The molecule has 3 aromatic rings. The van der Waals surface area contributed by atoms with E-state index in [1.165, 1.54) is 22.1 Å². The van der Waals surface area contributed by atoms with Gasteiger partial charge in [-0.15, -0.1) is 0 Å². The van der Waals surface area contributed by atoms with Crippen LogP contribution in [0, 0.1) is 5.41 Å². The number of anilines is 1. The van der Waals surface area contributed by atoms with E-state index in [4.69, 9.17) is 16.3 Å². The standard InChI is InChI=1S/C31H36ClN7O6/c1-30(2,3)45-25(41)16-36-10-11-38(29(36)44)23-14-33-26-22(35-23)12-21(27(42)34-13-19-6-8-20(32)9-7-19)28(43)39(26)15-24(40)37-17-31(4,5)18-37/h6-9,12,14H,10-11,13,15-18H2,1-5H3,(H,34,42). The second-order valence-electron chi connectivity index (χ2n) is 13.1. The Hall–Kier alpha value is -4.52. The predicted molar refractivity (Wildman–Crippen MR) is 167 cm³/mol. The van der Waals surface area contributed by atoms with Gasteiger partial charge in [0.15, 0.2) is 11.5 Å². The van der Waals surface area contributed by atoms with Gasteiger partial charge in [-0.05, 0) is 49.9 Å². The van der Waals surface area contributed by atoms with Gasteiger partial charge in [0, 0.05) is 37.7 Å². The second-order valence-corrected chi connectivity index (χ2v) is 13.5. The van der Waals surface area contributed by atoms with Gasteiger partial charge in [-0.25, -0.2) is 14.8 Å². The SMILES string of the molecule is CC1(C)CN(C(=O)Cn2c(=O)c(C(=O)NCc3ccc(Cl)cc3)cc3nc(N4CCN(CC(=O)OC(C)(C)C)C4=O)cnc32)C1. The number of aromatic nitrogens is 3. The number of fused-ring (bicyclic) bond motifs is 1. The van der Waals surface area contributed by atoms with Crippen LogP contribution in [-0.2, 0) is 27.4 Å². The third kappa shape index (κ3) is 7.25. The third-order valence-electron chi connectivity index (χ3n) is 7.38. The lowest BCUT2D eigenvalue weighted by atomic mass is 9.84. The Morgan fingerprint density at radius 3 is 2.38 bits per heavy atom. The van der Waals surface area contributed by atoms with Crippen molar-refractivity contribution in [1.82, 2.24) is 29.7 Å². The number of pyridine rings is 1. The van der Waals surface area contributed by atoms with E-state index in [1.54, 1.807) is 49.9 Å². The van der Waals surface area contributed by atoms with Gasteiger partial charge in [0.1, 0.15) is 29.8 Å². The molecule has 0 spiro atoms. The molecule has 238 valence electrons. The summed E-state index contributed by atoms with van der Waals surface area (Å²) in [4.78, 5) is 79.0. The fourth-order valence-corrected chi connectivity index (χ4v) is 5.45. The van der Waals surface area contributed by atoms with Crippen LogP contribution in [0.3, 0.4) is 0 Å². The Labute approximate surface area is 265 Å². The summed E-state index contributed by atoms with van der Waals surface area (Å²) in [6, 6.07) is 7.76. The number of hydrogen-bond donors (Lipinski definition) is 1. The number of benzene rings is 1. The van der Waals surface area contributed by atoms with E-state index >= 15 is 0 Å². The number of nitrogens with zero attached hydrogens (tertiary/aromatic N) is 6. The van der Waals surface area contributed by atoms with Gasteiger partial charge in [0.05, 0.1) is 6.20 Å². The number of carbonyl (C=O) groups excluding carboxylic acids is 4. The van der Waals surface area contributed by atoms with Crippen molar-refractivity contribution in [2.45, 2.75) is 53.3 Å². The monoisotopic (exact) mass is 637 g/mol. The van der Waals surface area contributed by atoms with Gasteiger partial charge < -0.3 is 19.9 Å². The number of likely N-dealkylation sites (tertiary alicyclic amines) is 1. The van der Waals surface area contributed by atoms with Crippen LogP contribution in [0.5, 0.6) is 0 Å². The molecule has 1 N–H and O–H groups in total. The van der Waals surface area contributed by atoms with E-state index in [1.807, 2.05) is 13.8 Å². The molecule has 2 aromatic heterocycles. The number of rotatable bonds is 8. The van der Waals surface area contributed by atoms with Gasteiger partial charge in [0.2, 0.25) is 5.91 Å². The molecule has 2 saturated heterocycles. The molecule has 2 aliphatic rings. The lowest BCUT2D eigenvalue weighted by Gasteiger charge is -2.45. The average molecular weight is 638 g/mol. The molecule has 0 unspecified atom stereocenters. The normalized spacial score (nSPS) is 16.1. The van der Waals surface area contributed by atoms with Gasteiger partial charge in [0.25, 0.3) is 11.5 Å². The van der Waals surface area contributed by atoms with Crippen molar-refractivity contribution >= 4 is 52.4 Å². The number of esters is 1. The maximum Gasteiger partial charge on any atom is 0.326 e.